The van der Waals surface area contributed by atoms with Gasteiger partial charge < -0.3 is 4.90 Å². The zero-order valence-electron chi connectivity index (χ0n) is 15.8. The first-order chi connectivity index (χ1) is 12.7. The van der Waals surface area contributed by atoms with Gasteiger partial charge in [0.2, 0.25) is 11.8 Å². The van der Waals surface area contributed by atoms with E-state index < -0.39 is 0 Å². The summed E-state index contributed by atoms with van der Waals surface area (Å²) in [4.78, 5) is 27.6. The molecule has 26 heavy (non-hydrogen) atoms. The molecule has 0 saturated carbocycles. The Morgan fingerprint density at radius 3 is 2.88 bits per heavy atom. The highest BCUT2D eigenvalue weighted by atomic mass is 32.1. The molecule has 1 unspecified atom stereocenters. The molecule has 1 aromatic heterocycles. The molecule has 0 bridgehead atoms. The molecular formula is C20H31N3O2S. The van der Waals surface area contributed by atoms with Gasteiger partial charge in [-0.3, -0.25) is 9.59 Å². The van der Waals surface area contributed by atoms with Crippen LogP contribution in [-0.2, 0) is 9.59 Å². The van der Waals surface area contributed by atoms with Crippen LogP contribution < -0.4 is 5.43 Å². The molecule has 2 amide bonds. The standard InChI is InChI=1S/C20H31N3O2S/c1-2-3-4-5-6-7-12-19(24)23-13-8-10-17(16-23)20(25)22-21-15-18-11-9-14-26-18/h9,11,14-15,17H,2-8,10,12-13,16H2,1H3,(H,22,25)/b21-15+. The van der Waals surface area contributed by atoms with Gasteiger partial charge in [-0.15, -0.1) is 11.3 Å². The zero-order valence-corrected chi connectivity index (χ0v) is 16.6. The molecule has 1 aromatic rings. The molecule has 1 saturated heterocycles. The van der Waals surface area contributed by atoms with Crippen molar-refractivity contribution in [2.75, 3.05) is 13.1 Å². The summed E-state index contributed by atoms with van der Waals surface area (Å²) >= 11 is 1.57. The van der Waals surface area contributed by atoms with Gasteiger partial charge in [-0.2, -0.15) is 5.10 Å². The van der Waals surface area contributed by atoms with Gasteiger partial charge in [0, 0.05) is 24.4 Å². The maximum Gasteiger partial charge on any atom is 0.244 e. The molecule has 1 N–H and O–H groups in total. The van der Waals surface area contributed by atoms with Crippen LogP contribution in [0.3, 0.4) is 0 Å². The Bertz CT molecular complexity index is 572. The highest BCUT2D eigenvalue weighted by Gasteiger charge is 2.27. The Kier molecular flexibility index (Phi) is 9.39. The minimum atomic E-state index is -0.155. The number of hydrazone groups is 1. The minimum Gasteiger partial charge on any atom is -0.342 e. The van der Waals surface area contributed by atoms with Crippen LogP contribution in [-0.4, -0.2) is 36.0 Å². The lowest BCUT2D eigenvalue weighted by atomic mass is 9.97. The second-order valence-corrected chi connectivity index (χ2v) is 7.93. The number of carbonyl (C=O) groups is 2. The Balaban J connectivity index is 1.68. The molecule has 1 aliphatic rings. The number of hydrogen-bond donors (Lipinski definition) is 1. The molecule has 1 aliphatic heterocycles. The normalized spacial score (nSPS) is 17.6. The summed E-state index contributed by atoms with van der Waals surface area (Å²) in [6.45, 7) is 3.51. The summed E-state index contributed by atoms with van der Waals surface area (Å²) < 4.78 is 0. The van der Waals surface area contributed by atoms with Crippen molar-refractivity contribution in [2.45, 2.75) is 64.7 Å². The van der Waals surface area contributed by atoms with Crippen molar-refractivity contribution in [3.05, 3.63) is 22.4 Å². The van der Waals surface area contributed by atoms with E-state index in [2.05, 4.69) is 17.5 Å². The molecule has 1 atom stereocenters. The number of carbonyl (C=O) groups excluding carboxylic acids is 2. The fraction of sp³-hybridized carbons (Fsp3) is 0.650. The summed E-state index contributed by atoms with van der Waals surface area (Å²) in [5, 5.41) is 6.00. The number of nitrogens with zero attached hydrogens (tertiary/aromatic N) is 2. The van der Waals surface area contributed by atoms with Crippen molar-refractivity contribution in [3.63, 3.8) is 0 Å². The fourth-order valence-corrected chi connectivity index (χ4v) is 3.83. The molecule has 0 aromatic carbocycles. The van der Waals surface area contributed by atoms with Crippen molar-refractivity contribution in [1.82, 2.24) is 10.3 Å². The fourth-order valence-electron chi connectivity index (χ4n) is 3.25. The van der Waals surface area contributed by atoms with Crippen LogP contribution in [0.4, 0.5) is 0 Å². The number of unbranched alkanes of at least 4 members (excludes halogenated alkanes) is 5. The third-order valence-corrected chi connectivity index (χ3v) is 5.61. The Morgan fingerprint density at radius 2 is 2.12 bits per heavy atom. The van der Waals surface area contributed by atoms with Gasteiger partial charge in [0.1, 0.15) is 0 Å². The average molecular weight is 378 g/mol. The Hall–Kier alpha value is -1.69. The third-order valence-electron chi connectivity index (χ3n) is 4.80. The molecular weight excluding hydrogens is 346 g/mol. The maximum absolute atomic E-state index is 12.4. The lowest BCUT2D eigenvalue weighted by Crippen LogP contribution is -2.44. The van der Waals surface area contributed by atoms with E-state index in [4.69, 9.17) is 0 Å². The van der Waals surface area contributed by atoms with Crippen LogP contribution in [0, 0.1) is 5.92 Å². The summed E-state index contributed by atoms with van der Waals surface area (Å²) in [7, 11) is 0. The van der Waals surface area contributed by atoms with E-state index in [0.29, 0.717) is 13.0 Å². The van der Waals surface area contributed by atoms with Crippen molar-refractivity contribution in [3.8, 4) is 0 Å². The molecule has 5 nitrogen and oxygen atoms in total. The number of piperidine rings is 1. The van der Waals surface area contributed by atoms with Crippen molar-refractivity contribution in [1.29, 1.82) is 0 Å². The van der Waals surface area contributed by atoms with Crippen LogP contribution in [0.2, 0.25) is 0 Å². The lowest BCUT2D eigenvalue weighted by Gasteiger charge is -2.31. The number of likely N-dealkylation sites (tertiary alicyclic amines) is 1. The number of amides is 2. The van der Waals surface area contributed by atoms with Gasteiger partial charge in [-0.05, 0) is 30.7 Å². The Labute approximate surface area is 160 Å². The SMILES string of the molecule is CCCCCCCCC(=O)N1CCCC(C(=O)N/N=C/c2cccs2)C1. The topological polar surface area (TPSA) is 61.8 Å². The molecule has 0 aliphatic carbocycles. The van der Waals surface area contributed by atoms with E-state index in [9.17, 15) is 9.59 Å². The molecule has 2 heterocycles. The number of rotatable bonds is 10. The van der Waals surface area contributed by atoms with E-state index >= 15 is 0 Å². The highest BCUT2D eigenvalue weighted by Crippen LogP contribution is 2.18. The van der Waals surface area contributed by atoms with Gasteiger partial charge in [0.25, 0.3) is 0 Å². The second-order valence-electron chi connectivity index (χ2n) is 6.95. The molecule has 0 radical (unpaired) electrons. The van der Waals surface area contributed by atoms with Crippen LogP contribution in [0.1, 0.15) is 69.6 Å². The van der Waals surface area contributed by atoms with Crippen molar-refractivity contribution >= 4 is 29.4 Å². The first-order valence-corrected chi connectivity index (χ1v) is 10.7. The van der Waals surface area contributed by atoms with Gasteiger partial charge in [0.05, 0.1) is 12.1 Å². The van der Waals surface area contributed by atoms with E-state index in [1.807, 2.05) is 22.4 Å². The highest BCUT2D eigenvalue weighted by molar-refractivity contribution is 7.11. The van der Waals surface area contributed by atoms with Crippen LogP contribution >= 0.6 is 11.3 Å². The Morgan fingerprint density at radius 1 is 1.31 bits per heavy atom. The summed E-state index contributed by atoms with van der Waals surface area (Å²) in [5.41, 5.74) is 2.62. The second kappa shape index (κ2) is 11.8. The van der Waals surface area contributed by atoms with Crippen LogP contribution in [0.15, 0.2) is 22.6 Å². The summed E-state index contributed by atoms with van der Waals surface area (Å²) in [5.74, 6) is -0.0484. The first-order valence-electron chi connectivity index (χ1n) is 9.85. The predicted molar refractivity (Wildman–Crippen MR) is 107 cm³/mol. The van der Waals surface area contributed by atoms with Crippen LogP contribution in [0.5, 0.6) is 0 Å². The van der Waals surface area contributed by atoms with E-state index in [-0.39, 0.29) is 17.7 Å². The number of hydrogen-bond acceptors (Lipinski definition) is 4. The van der Waals surface area contributed by atoms with Crippen molar-refractivity contribution in [2.24, 2.45) is 11.0 Å². The lowest BCUT2D eigenvalue weighted by molar-refractivity contribution is -0.135. The quantitative estimate of drug-likeness (QED) is 0.377. The smallest absolute Gasteiger partial charge is 0.244 e. The van der Waals surface area contributed by atoms with Crippen molar-refractivity contribution < 1.29 is 9.59 Å². The largest absolute Gasteiger partial charge is 0.342 e. The van der Waals surface area contributed by atoms with Crippen LogP contribution in [0.25, 0.3) is 0 Å². The summed E-state index contributed by atoms with van der Waals surface area (Å²) in [6, 6.07) is 3.89. The van der Waals surface area contributed by atoms with Gasteiger partial charge >= 0.3 is 0 Å². The van der Waals surface area contributed by atoms with Gasteiger partial charge in [0.15, 0.2) is 0 Å². The van der Waals surface area contributed by atoms with E-state index in [1.165, 1.54) is 25.7 Å². The third kappa shape index (κ3) is 7.28. The van der Waals surface area contributed by atoms with E-state index in [1.54, 1.807) is 17.6 Å². The van der Waals surface area contributed by atoms with Gasteiger partial charge in [-0.25, -0.2) is 5.43 Å². The molecule has 144 valence electrons. The number of nitrogens with one attached hydrogen (secondary N) is 1. The average Bonchev–Trinajstić information content (AvgIpc) is 3.18. The molecule has 1 fully saturated rings. The molecule has 6 heteroatoms. The van der Waals surface area contributed by atoms with E-state index in [0.717, 1.165) is 37.1 Å². The first kappa shape index (κ1) is 20.6. The molecule has 0 spiro atoms. The predicted octanol–water partition coefficient (Wildman–Crippen LogP) is 4.19. The maximum atomic E-state index is 12.4. The monoisotopic (exact) mass is 377 g/mol. The van der Waals surface area contributed by atoms with Gasteiger partial charge in [-0.1, -0.05) is 45.1 Å². The summed E-state index contributed by atoms with van der Waals surface area (Å²) in [6.07, 6.45) is 11.1. The molecule has 2 rings (SSSR count). The minimum absolute atomic E-state index is 0.0881. The number of thiophene rings is 1. The zero-order chi connectivity index (χ0) is 18.6.